The van der Waals surface area contributed by atoms with Crippen molar-refractivity contribution in [3.05, 3.63) is 35.4 Å². The first-order chi connectivity index (χ1) is 8.04. The van der Waals surface area contributed by atoms with E-state index in [0.29, 0.717) is 31.5 Å². The summed E-state index contributed by atoms with van der Waals surface area (Å²) in [6.45, 7) is 0.961. The molecule has 0 bridgehead atoms. The summed E-state index contributed by atoms with van der Waals surface area (Å²) in [6, 6.07) is 3.39. The Bertz CT molecular complexity index is 418. The molecule has 0 saturated carbocycles. The van der Waals surface area contributed by atoms with Gasteiger partial charge in [-0.05, 0) is 24.1 Å². The lowest BCUT2D eigenvalue weighted by molar-refractivity contribution is -0.127. The maximum atomic E-state index is 12.9. The summed E-state index contributed by atoms with van der Waals surface area (Å²) in [7, 11) is 0. The number of carbonyl (C=O) groups excluding carboxylic acids is 1. The largest absolute Gasteiger partial charge is 0.341 e. The molecule has 1 aromatic rings. The van der Waals surface area contributed by atoms with Gasteiger partial charge < -0.3 is 4.90 Å². The van der Waals surface area contributed by atoms with Crippen molar-refractivity contribution in [1.29, 1.82) is 0 Å². The first-order valence-corrected chi connectivity index (χ1v) is 5.85. The Morgan fingerprint density at radius 3 is 2.47 bits per heavy atom. The van der Waals surface area contributed by atoms with Crippen LogP contribution in [0.15, 0.2) is 18.2 Å². The topological polar surface area (TPSA) is 20.3 Å². The predicted octanol–water partition coefficient (Wildman–Crippen LogP) is 2.35. The fraction of sp³-hybridized carbons (Fsp3) is 0.417. The highest BCUT2D eigenvalue weighted by Gasteiger charge is 2.27. The van der Waals surface area contributed by atoms with Crippen molar-refractivity contribution in [1.82, 2.24) is 4.90 Å². The molecule has 2 rings (SSSR count). The number of likely N-dealkylation sites (tertiary alicyclic amines) is 1. The normalized spacial score (nSPS) is 20.1. The molecule has 0 aromatic heterocycles. The van der Waals surface area contributed by atoms with E-state index in [1.165, 1.54) is 12.1 Å². The zero-order valence-corrected chi connectivity index (χ0v) is 9.88. The molecule has 0 spiro atoms. The van der Waals surface area contributed by atoms with Crippen LogP contribution in [0.25, 0.3) is 0 Å². The minimum Gasteiger partial charge on any atom is -0.341 e. The zero-order chi connectivity index (χ0) is 12.4. The summed E-state index contributed by atoms with van der Waals surface area (Å²) in [5.41, 5.74) is 0.549. The van der Waals surface area contributed by atoms with E-state index in [1.54, 1.807) is 4.90 Å². The summed E-state index contributed by atoms with van der Waals surface area (Å²) in [4.78, 5) is 13.1. The van der Waals surface area contributed by atoms with Crippen molar-refractivity contribution >= 4 is 17.5 Å². The number of halogens is 3. The number of carbonyl (C=O) groups is 1. The number of rotatable bonds is 3. The maximum absolute atomic E-state index is 12.9. The second-order valence-corrected chi connectivity index (χ2v) is 4.79. The van der Waals surface area contributed by atoms with Crippen molar-refractivity contribution in [2.24, 2.45) is 0 Å². The SMILES string of the molecule is O=C1CC(Cl)CN1CCc1cc(F)cc(F)c1. The van der Waals surface area contributed by atoms with Crippen LogP contribution in [0.5, 0.6) is 0 Å². The van der Waals surface area contributed by atoms with E-state index < -0.39 is 11.6 Å². The highest BCUT2D eigenvalue weighted by Crippen LogP contribution is 2.17. The van der Waals surface area contributed by atoms with Gasteiger partial charge >= 0.3 is 0 Å². The molecule has 1 amide bonds. The number of benzene rings is 1. The molecule has 17 heavy (non-hydrogen) atoms. The minimum atomic E-state index is -0.594. The van der Waals surface area contributed by atoms with E-state index in [0.717, 1.165) is 6.07 Å². The zero-order valence-electron chi connectivity index (χ0n) is 9.13. The maximum Gasteiger partial charge on any atom is 0.224 e. The highest BCUT2D eigenvalue weighted by molar-refractivity contribution is 6.22. The fourth-order valence-electron chi connectivity index (χ4n) is 1.96. The van der Waals surface area contributed by atoms with Gasteiger partial charge in [-0.15, -0.1) is 11.6 Å². The summed E-state index contributed by atoms with van der Waals surface area (Å²) < 4.78 is 25.9. The van der Waals surface area contributed by atoms with Crippen molar-refractivity contribution in [2.75, 3.05) is 13.1 Å². The van der Waals surface area contributed by atoms with Crippen molar-refractivity contribution in [2.45, 2.75) is 18.2 Å². The Hall–Kier alpha value is -1.16. The van der Waals surface area contributed by atoms with Crippen molar-refractivity contribution in [3.8, 4) is 0 Å². The Kier molecular flexibility index (Phi) is 3.62. The molecule has 92 valence electrons. The Morgan fingerprint density at radius 2 is 1.94 bits per heavy atom. The summed E-state index contributed by atoms with van der Waals surface area (Å²) in [5.74, 6) is -1.19. The summed E-state index contributed by atoms with van der Waals surface area (Å²) in [6.07, 6.45) is 0.781. The van der Waals surface area contributed by atoms with E-state index in [1.807, 2.05) is 0 Å². The van der Waals surface area contributed by atoms with E-state index >= 15 is 0 Å². The molecule has 1 aliphatic rings. The number of nitrogens with zero attached hydrogens (tertiary/aromatic N) is 1. The molecule has 1 aromatic carbocycles. The monoisotopic (exact) mass is 259 g/mol. The molecule has 0 aliphatic carbocycles. The molecule has 1 fully saturated rings. The van der Waals surface area contributed by atoms with Crippen LogP contribution in [-0.4, -0.2) is 29.3 Å². The molecule has 5 heteroatoms. The molecule has 1 saturated heterocycles. The fourth-order valence-corrected chi connectivity index (χ4v) is 2.26. The van der Waals surface area contributed by atoms with Gasteiger partial charge in [-0.25, -0.2) is 8.78 Å². The molecule has 1 heterocycles. The molecule has 2 nitrogen and oxygen atoms in total. The standard InChI is InChI=1S/C12H12ClF2NO/c13-9-5-12(17)16(7-9)2-1-8-3-10(14)6-11(15)4-8/h3-4,6,9H,1-2,5,7H2. The van der Waals surface area contributed by atoms with Gasteiger partial charge in [-0.2, -0.15) is 0 Å². The molecule has 0 radical (unpaired) electrons. The predicted molar refractivity (Wildman–Crippen MR) is 60.9 cm³/mol. The van der Waals surface area contributed by atoms with Gasteiger partial charge in [-0.3, -0.25) is 4.79 Å². The molecule has 1 aliphatic heterocycles. The van der Waals surface area contributed by atoms with Crippen LogP contribution in [0.4, 0.5) is 8.78 Å². The average molecular weight is 260 g/mol. The van der Waals surface area contributed by atoms with E-state index in [9.17, 15) is 13.6 Å². The van der Waals surface area contributed by atoms with Crippen LogP contribution in [0.1, 0.15) is 12.0 Å². The Morgan fingerprint density at radius 1 is 1.29 bits per heavy atom. The Balaban J connectivity index is 1.96. The first kappa shape index (κ1) is 12.3. The van der Waals surface area contributed by atoms with Crippen LogP contribution < -0.4 is 0 Å². The van der Waals surface area contributed by atoms with Crippen LogP contribution in [0.2, 0.25) is 0 Å². The number of alkyl halides is 1. The van der Waals surface area contributed by atoms with Gasteiger partial charge in [-0.1, -0.05) is 0 Å². The first-order valence-electron chi connectivity index (χ1n) is 5.41. The second-order valence-electron chi connectivity index (χ2n) is 4.17. The number of hydrogen-bond acceptors (Lipinski definition) is 1. The lowest BCUT2D eigenvalue weighted by Crippen LogP contribution is -2.27. The van der Waals surface area contributed by atoms with Gasteiger partial charge in [0.05, 0.1) is 5.38 Å². The van der Waals surface area contributed by atoms with Gasteiger partial charge in [0.25, 0.3) is 0 Å². The molecular formula is C12H12ClF2NO. The average Bonchev–Trinajstić information content (AvgIpc) is 2.53. The number of amides is 1. The molecular weight excluding hydrogens is 248 g/mol. The summed E-state index contributed by atoms with van der Waals surface area (Å²) >= 11 is 5.85. The molecule has 1 atom stereocenters. The quantitative estimate of drug-likeness (QED) is 0.763. The minimum absolute atomic E-state index is 0.00174. The van der Waals surface area contributed by atoms with Gasteiger partial charge in [0.15, 0.2) is 0 Å². The van der Waals surface area contributed by atoms with E-state index in [4.69, 9.17) is 11.6 Å². The Labute approximate surface area is 103 Å². The molecule has 0 N–H and O–H groups in total. The third kappa shape index (κ3) is 3.16. The van der Waals surface area contributed by atoms with Gasteiger partial charge in [0.1, 0.15) is 11.6 Å². The third-order valence-electron chi connectivity index (χ3n) is 2.76. The number of hydrogen-bond donors (Lipinski definition) is 0. The van der Waals surface area contributed by atoms with Crippen LogP contribution in [0.3, 0.4) is 0 Å². The lowest BCUT2D eigenvalue weighted by atomic mass is 10.1. The van der Waals surface area contributed by atoms with Crippen LogP contribution in [0, 0.1) is 11.6 Å². The summed E-state index contributed by atoms with van der Waals surface area (Å²) in [5, 5.41) is -0.147. The second kappa shape index (κ2) is 5.00. The molecule has 1 unspecified atom stereocenters. The third-order valence-corrected chi connectivity index (χ3v) is 3.05. The van der Waals surface area contributed by atoms with Crippen LogP contribution >= 0.6 is 11.6 Å². The smallest absolute Gasteiger partial charge is 0.224 e. The highest BCUT2D eigenvalue weighted by atomic mass is 35.5. The van der Waals surface area contributed by atoms with E-state index in [2.05, 4.69) is 0 Å². The van der Waals surface area contributed by atoms with Crippen molar-refractivity contribution in [3.63, 3.8) is 0 Å². The van der Waals surface area contributed by atoms with Gasteiger partial charge in [0, 0.05) is 25.6 Å². The van der Waals surface area contributed by atoms with E-state index in [-0.39, 0.29) is 11.3 Å². The van der Waals surface area contributed by atoms with Crippen molar-refractivity contribution < 1.29 is 13.6 Å². The van der Waals surface area contributed by atoms with Gasteiger partial charge in [0.2, 0.25) is 5.91 Å². The lowest BCUT2D eigenvalue weighted by Gasteiger charge is -2.15. The van der Waals surface area contributed by atoms with Crippen LogP contribution in [-0.2, 0) is 11.2 Å².